The molecular weight excluding hydrogens is 897 g/mol. The molecule has 0 atom stereocenters. The second kappa shape index (κ2) is 18.1. The smallest absolute Gasteiger partial charge is 0.340 e. The van der Waals surface area contributed by atoms with Crippen LogP contribution in [0.3, 0.4) is 0 Å². The predicted molar refractivity (Wildman–Crippen MR) is 244 cm³/mol. The van der Waals surface area contributed by atoms with E-state index in [0.29, 0.717) is 48.7 Å². The molecule has 5 aromatic carbocycles. The van der Waals surface area contributed by atoms with Gasteiger partial charge in [0.2, 0.25) is 5.91 Å². The molecule has 0 fully saturated rings. The summed E-state index contributed by atoms with van der Waals surface area (Å²) < 4.78 is 19.4. The molecule has 5 N–H and O–H groups in total. The number of esters is 1. The molecule has 1 aromatic heterocycles. The van der Waals surface area contributed by atoms with Crippen LogP contribution in [0.15, 0.2) is 97.1 Å². The number of hydrogen-bond donors (Lipinski definition) is 5. The number of hydrogen-bond acceptors (Lipinski definition) is 10. The van der Waals surface area contributed by atoms with Gasteiger partial charge in [-0.25, -0.2) is 9.48 Å². The Labute approximate surface area is 388 Å². The minimum absolute atomic E-state index is 0.0620. The van der Waals surface area contributed by atoms with Gasteiger partial charge in [0, 0.05) is 68.6 Å². The predicted octanol–water partition coefficient (Wildman–Crippen LogP) is 8.64. The zero-order valence-corrected chi connectivity index (χ0v) is 37.5. The van der Waals surface area contributed by atoms with E-state index in [2.05, 4.69) is 16.0 Å². The molecule has 0 bridgehead atoms. The molecule has 65 heavy (non-hydrogen) atoms. The number of rotatable bonds is 14. The fraction of sp³-hybridized carbons (Fsp3) is 0.229. The monoisotopic (exact) mass is 937 g/mol. The van der Waals surface area contributed by atoms with Crippen molar-refractivity contribution in [2.24, 2.45) is 0 Å². The third-order valence-corrected chi connectivity index (χ3v) is 12.5. The summed E-state index contributed by atoms with van der Waals surface area (Å²) in [5.41, 5.74) is 1.58. The van der Waals surface area contributed by atoms with Crippen molar-refractivity contribution in [3.05, 3.63) is 151 Å². The van der Waals surface area contributed by atoms with Crippen molar-refractivity contribution in [1.82, 2.24) is 25.7 Å². The Kier molecular flexibility index (Phi) is 12.5. The van der Waals surface area contributed by atoms with Crippen LogP contribution in [-0.4, -0.2) is 75.5 Å². The van der Waals surface area contributed by atoms with E-state index in [0.717, 1.165) is 5.56 Å². The number of nitrogens with zero attached hydrogens (tertiary/aromatic N) is 2. The lowest BCUT2D eigenvalue weighted by Gasteiger charge is -2.36. The van der Waals surface area contributed by atoms with Gasteiger partial charge in [0.1, 0.15) is 28.5 Å². The zero-order chi connectivity index (χ0) is 46.2. The highest BCUT2D eigenvalue weighted by molar-refractivity contribution is 6.35. The minimum atomic E-state index is -1.45. The Balaban J connectivity index is 0.877. The van der Waals surface area contributed by atoms with E-state index < -0.39 is 34.8 Å². The highest BCUT2D eigenvalue weighted by atomic mass is 35.5. The summed E-state index contributed by atoms with van der Waals surface area (Å²) >= 11 is 19.0. The van der Waals surface area contributed by atoms with Crippen molar-refractivity contribution in [2.45, 2.75) is 44.8 Å². The van der Waals surface area contributed by atoms with E-state index in [4.69, 9.17) is 54.1 Å². The van der Waals surface area contributed by atoms with E-state index >= 15 is 0 Å². The summed E-state index contributed by atoms with van der Waals surface area (Å²) in [7, 11) is 0. The van der Waals surface area contributed by atoms with E-state index in [1.54, 1.807) is 66.2 Å². The first kappa shape index (κ1) is 45.0. The third-order valence-electron chi connectivity index (χ3n) is 11.7. The molecule has 3 heterocycles. The van der Waals surface area contributed by atoms with Gasteiger partial charge < -0.3 is 40.4 Å². The number of fused-ring (bicyclic) bond motifs is 6. The van der Waals surface area contributed by atoms with Crippen molar-refractivity contribution >= 4 is 58.5 Å². The lowest BCUT2D eigenvalue weighted by atomic mass is 9.77. The number of aromatic nitrogens is 2. The number of phenols is 2. The summed E-state index contributed by atoms with van der Waals surface area (Å²) in [5, 5.41) is 35.0. The molecule has 14 nitrogen and oxygen atoms in total. The van der Waals surface area contributed by atoms with E-state index in [-0.39, 0.29) is 79.0 Å². The molecule has 0 unspecified atom stereocenters. The van der Waals surface area contributed by atoms with Gasteiger partial charge in [-0.1, -0.05) is 66.8 Å². The number of benzene rings is 5. The number of nitrogens with one attached hydrogen (secondary N) is 3. The quantitative estimate of drug-likeness (QED) is 0.0522. The first-order chi connectivity index (χ1) is 31.2. The number of halogens is 3. The molecular formula is C48H42Cl3N5O9. The molecule has 1 spiro atoms. The minimum Gasteiger partial charge on any atom is -0.508 e. The number of ether oxygens (including phenoxy) is 3. The van der Waals surface area contributed by atoms with Crippen LogP contribution < -0.4 is 20.7 Å². The van der Waals surface area contributed by atoms with Gasteiger partial charge in [-0.05, 0) is 86.5 Å². The van der Waals surface area contributed by atoms with Crippen LogP contribution >= 0.6 is 34.8 Å². The first-order valence-corrected chi connectivity index (χ1v) is 21.8. The molecule has 0 radical (unpaired) electrons. The van der Waals surface area contributed by atoms with Crippen molar-refractivity contribution < 1.29 is 43.6 Å². The van der Waals surface area contributed by atoms with Crippen LogP contribution in [-0.2, 0) is 19.9 Å². The maximum atomic E-state index is 14.0. The largest absolute Gasteiger partial charge is 0.508 e. The standard InChI is InChI=1S/C48H42Cl3N5O9/c1-4-47(5-2,54-44(60)41-26(3)42(27-6-9-29(49)10-7-27)56(55-41)38-17-11-30(50)23-37(38)51)46(62)53-19-21-63-20-18-52-43(59)28-8-14-34-33(22-28)45(61)65-48(34)35-15-12-31(57)24-39(35)64-40-25-32(58)13-16-36(40)48/h6-17,22-25,57-58H,4-5,18-21H2,1-3H3,(H,52,59)(H,53,62)(H,54,60). The van der Waals surface area contributed by atoms with Crippen molar-refractivity contribution in [3.8, 4) is 39.9 Å². The van der Waals surface area contributed by atoms with Crippen LogP contribution in [0.5, 0.6) is 23.0 Å². The Bertz CT molecular complexity index is 2830. The van der Waals surface area contributed by atoms with Crippen LogP contribution in [0.4, 0.5) is 0 Å². The van der Waals surface area contributed by atoms with E-state index in [1.807, 2.05) is 26.0 Å². The average Bonchev–Trinajstić information content (AvgIpc) is 3.78. The summed E-state index contributed by atoms with van der Waals surface area (Å²) in [5.74, 6) is -1.70. The Morgan fingerprint density at radius 1 is 0.769 bits per heavy atom. The fourth-order valence-electron chi connectivity index (χ4n) is 8.26. The van der Waals surface area contributed by atoms with Crippen LogP contribution in [0, 0.1) is 6.92 Å². The Hall–Kier alpha value is -6.58. The number of carbonyl (C=O) groups is 4. The molecule has 17 heteroatoms. The van der Waals surface area contributed by atoms with Crippen LogP contribution in [0.2, 0.25) is 15.1 Å². The molecule has 2 aliphatic rings. The second-order valence-corrected chi connectivity index (χ2v) is 16.8. The topological polar surface area (TPSA) is 190 Å². The molecule has 334 valence electrons. The molecule has 8 rings (SSSR count). The van der Waals surface area contributed by atoms with Gasteiger partial charge in [0.15, 0.2) is 11.3 Å². The lowest BCUT2D eigenvalue weighted by Crippen LogP contribution is -2.58. The number of phenolic OH excluding ortho intramolecular Hbond substituents is 2. The van der Waals surface area contributed by atoms with Crippen molar-refractivity contribution in [3.63, 3.8) is 0 Å². The van der Waals surface area contributed by atoms with Crippen LogP contribution in [0.1, 0.15) is 80.1 Å². The highest BCUT2D eigenvalue weighted by Crippen LogP contribution is 2.57. The van der Waals surface area contributed by atoms with E-state index in [9.17, 15) is 29.4 Å². The molecule has 3 amide bonds. The Morgan fingerprint density at radius 3 is 2.02 bits per heavy atom. The van der Waals surface area contributed by atoms with E-state index in [1.165, 1.54) is 30.3 Å². The maximum absolute atomic E-state index is 14.0. The van der Waals surface area contributed by atoms with Gasteiger partial charge in [0.05, 0.1) is 35.2 Å². The van der Waals surface area contributed by atoms with Gasteiger partial charge >= 0.3 is 5.97 Å². The molecule has 0 aliphatic carbocycles. The average molecular weight is 939 g/mol. The third kappa shape index (κ3) is 8.34. The highest BCUT2D eigenvalue weighted by Gasteiger charge is 2.54. The fourth-order valence-corrected chi connectivity index (χ4v) is 8.87. The first-order valence-electron chi connectivity index (χ1n) is 20.7. The normalized spacial score (nSPS) is 13.3. The molecule has 0 saturated carbocycles. The van der Waals surface area contributed by atoms with Gasteiger partial charge in [0.25, 0.3) is 11.8 Å². The van der Waals surface area contributed by atoms with Crippen molar-refractivity contribution in [2.75, 3.05) is 26.3 Å². The SMILES string of the molecule is CCC(CC)(NC(=O)c1nn(-c2ccc(Cl)cc2Cl)c(-c2ccc(Cl)cc2)c1C)C(=O)NCCOCCNC(=O)c1ccc2c(c1)C(=O)OC21c2ccc(O)cc2Oc2cc(O)ccc21. The summed E-state index contributed by atoms with van der Waals surface area (Å²) in [6.07, 6.45) is 0.568. The number of carbonyl (C=O) groups excluding carboxylic acids is 4. The summed E-state index contributed by atoms with van der Waals surface area (Å²) in [6.45, 7) is 5.87. The summed E-state index contributed by atoms with van der Waals surface area (Å²) in [4.78, 5) is 54.5. The molecule has 2 aliphatic heterocycles. The number of amides is 3. The van der Waals surface area contributed by atoms with Gasteiger partial charge in [-0.3, -0.25) is 14.4 Å². The van der Waals surface area contributed by atoms with Crippen LogP contribution in [0.25, 0.3) is 16.9 Å². The van der Waals surface area contributed by atoms with Gasteiger partial charge in [-0.2, -0.15) is 5.10 Å². The van der Waals surface area contributed by atoms with Crippen molar-refractivity contribution in [1.29, 1.82) is 0 Å². The zero-order valence-electron chi connectivity index (χ0n) is 35.3. The Morgan fingerprint density at radius 2 is 1.38 bits per heavy atom. The second-order valence-electron chi connectivity index (χ2n) is 15.5. The lowest BCUT2D eigenvalue weighted by molar-refractivity contribution is -0.128. The maximum Gasteiger partial charge on any atom is 0.340 e. The molecule has 0 saturated heterocycles. The van der Waals surface area contributed by atoms with Gasteiger partial charge in [-0.15, -0.1) is 0 Å². The molecule has 6 aromatic rings. The summed E-state index contributed by atoms with van der Waals surface area (Å²) in [6, 6.07) is 25.7. The number of aromatic hydroxyl groups is 2.